The molecule has 1 aliphatic carbocycles. The van der Waals surface area contributed by atoms with Gasteiger partial charge in [-0.25, -0.2) is 0 Å². The molecule has 270 valence electrons. The normalized spacial score (nSPS) is 19.0. The second-order valence-electron chi connectivity index (χ2n) is 13.4. The number of hydrogen-bond donors (Lipinski definition) is 3. The molecule has 1 saturated carbocycles. The molecule has 52 heavy (non-hydrogen) atoms. The van der Waals surface area contributed by atoms with E-state index < -0.39 is 36.1 Å². The molecule has 1 spiro atoms. The Kier molecular flexibility index (Phi) is 9.38. The molecule has 3 aliphatic rings. The number of nitrogens with one attached hydrogen (secondary N) is 3. The van der Waals surface area contributed by atoms with E-state index in [2.05, 4.69) is 30.9 Å². The molecule has 4 aromatic rings. The number of para-hydroxylation sites is 1. The third-order valence-corrected chi connectivity index (χ3v) is 9.79. The van der Waals surface area contributed by atoms with Crippen molar-refractivity contribution in [3.63, 3.8) is 0 Å². The van der Waals surface area contributed by atoms with Gasteiger partial charge >= 0.3 is 24.0 Å². The highest BCUT2D eigenvalue weighted by atomic mass is 35.5. The number of ether oxygens (including phenoxy) is 1. The highest BCUT2D eigenvalue weighted by Gasteiger charge is 2.47. The van der Waals surface area contributed by atoms with Crippen molar-refractivity contribution in [2.75, 3.05) is 48.7 Å². The van der Waals surface area contributed by atoms with Crippen LogP contribution in [0.2, 0.25) is 5.02 Å². The number of benzene rings is 3. The van der Waals surface area contributed by atoms with Crippen LogP contribution in [0.3, 0.4) is 0 Å². The van der Waals surface area contributed by atoms with Crippen LogP contribution in [0.15, 0.2) is 78.9 Å². The van der Waals surface area contributed by atoms with Gasteiger partial charge in [0.15, 0.2) is 6.61 Å². The first-order chi connectivity index (χ1) is 24.9. The number of carbonyl (C=O) groups excluding carboxylic acids is 3. The lowest BCUT2D eigenvalue weighted by Gasteiger charge is -2.24. The van der Waals surface area contributed by atoms with Gasteiger partial charge in [0, 0.05) is 53.6 Å². The van der Waals surface area contributed by atoms with E-state index in [0.717, 1.165) is 18.4 Å². The average molecular weight is 735 g/mol. The summed E-state index contributed by atoms with van der Waals surface area (Å²) in [7, 11) is 0. The van der Waals surface area contributed by atoms with Crippen molar-refractivity contribution < 1.29 is 32.3 Å². The van der Waals surface area contributed by atoms with Crippen molar-refractivity contribution >= 4 is 52.6 Å². The van der Waals surface area contributed by atoms with Crippen LogP contribution in [0, 0.1) is 5.41 Å². The van der Waals surface area contributed by atoms with Crippen molar-refractivity contribution in [3.05, 3.63) is 95.0 Å². The van der Waals surface area contributed by atoms with Gasteiger partial charge in [-0.05, 0) is 79.8 Å². The van der Waals surface area contributed by atoms with Gasteiger partial charge in [0.2, 0.25) is 11.9 Å². The van der Waals surface area contributed by atoms with Gasteiger partial charge in [-0.2, -0.15) is 28.1 Å². The Balaban J connectivity index is 0.989. The summed E-state index contributed by atoms with van der Waals surface area (Å²) in [4.78, 5) is 54.8. The predicted octanol–water partition coefficient (Wildman–Crippen LogP) is 6.01. The number of hydrogen-bond acceptors (Lipinski definition) is 9. The molecule has 3 aromatic carbocycles. The number of likely N-dealkylation sites (tertiary alicyclic amines) is 2. The fourth-order valence-electron chi connectivity index (χ4n) is 6.68. The maximum absolute atomic E-state index is 13.5. The van der Waals surface area contributed by atoms with Crippen LogP contribution in [0.1, 0.15) is 41.6 Å². The number of carbonyl (C=O) groups is 3. The number of rotatable bonds is 9. The van der Waals surface area contributed by atoms with Crippen molar-refractivity contribution in [2.24, 2.45) is 5.41 Å². The van der Waals surface area contributed by atoms with Crippen LogP contribution in [0.4, 0.5) is 36.4 Å². The van der Waals surface area contributed by atoms with E-state index in [1.54, 1.807) is 70.5 Å². The summed E-state index contributed by atoms with van der Waals surface area (Å²) < 4.78 is 43.8. The van der Waals surface area contributed by atoms with Gasteiger partial charge in [0.25, 0.3) is 5.91 Å². The van der Waals surface area contributed by atoms with Gasteiger partial charge in [0.1, 0.15) is 0 Å². The zero-order valence-electron chi connectivity index (χ0n) is 27.8. The van der Waals surface area contributed by atoms with Gasteiger partial charge in [-0.3, -0.25) is 14.4 Å². The molecule has 2 aliphatic heterocycles. The van der Waals surface area contributed by atoms with Gasteiger partial charge < -0.3 is 30.5 Å². The van der Waals surface area contributed by atoms with Gasteiger partial charge in [-0.15, -0.1) is 0 Å². The summed E-state index contributed by atoms with van der Waals surface area (Å²) in [6, 6.07) is 22.1. The Hall–Kier alpha value is -5.44. The summed E-state index contributed by atoms with van der Waals surface area (Å²) in [6.45, 7) is 0.206. The Morgan fingerprint density at radius 3 is 2.12 bits per heavy atom. The second kappa shape index (κ2) is 13.9. The van der Waals surface area contributed by atoms with Crippen molar-refractivity contribution in [3.8, 4) is 6.01 Å². The van der Waals surface area contributed by atoms with Crippen molar-refractivity contribution in [2.45, 2.75) is 37.4 Å². The molecule has 16 heteroatoms. The standard InChI is InChI=1S/C36H34ClF3N8O4/c37-25-10-8-24(9-11-25)35(14-15-35)46-32-43-31(44-33(45-32)52-22-36(38,39)40)42-27-12-6-23(7-13-27)29(50)47-18-16-34(20-47)17-19-48(21-34)30(51)28(49)41-26-4-2-1-3-5-26/h1-13H,14-22H2,(H,41,49)(H2,42,43,44,45,46). The quantitative estimate of drug-likeness (QED) is 0.176. The van der Waals surface area contributed by atoms with E-state index in [4.69, 9.17) is 16.3 Å². The molecule has 0 radical (unpaired) electrons. The number of nitrogens with zero attached hydrogens (tertiary/aromatic N) is 5. The number of anilines is 4. The lowest BCUT2D eigenvalue weighted by molar-refractivity contribution is -0.154. The molecule has 1 unspecified atom stereocenters. The molecule has 12 nitrogen and oxygen atoms in total. The Labute approximate surface area is 301 Å². The lowest BCUT2D eigenvalue weighted by atomic mass is 9.86. The largest absolute Gasteiger partial charge is 0.454 e. The molecule has 3 fully saturated rings. The molecular weight excluding hydrogens is 701 g/mol. The molecule has 3 N–H and O–H groups in total. The Bertz CT molecular complexity index is 1960. The number of aromatic nitrogens is 3. The molecule has 1 aromatic heterocycles. The van der Waals surface area contributed by atoms with Gasteiger partial charge in [-0.1, -0.05) is 41.9 Å². The van der Waals surface area contributed by atoms with E-state index in [9.17, 15) is 27.6 Å². The van der Waals surface area contributed by atoms with E-state index in [-0.39, 0.29) is 23.2 Å². The summed E-state index contributed by atoms with van der Waals surface area (Å²) in [5.74, 6) is -1.49. The second-order valence-corrected chi connectivity index (χ2v) is 13.8. The number of halogens is 4. The highest BCUT2D eigenvalue weighted by Crippen LogP contribution is 2.48. The minimum Gasteiger partial charge on any atom is -0.454 e. The Morgan fingerprint density at radius 1 is 0.788 bits per heavy atom. The van der Waals surface area contributed by atoms with Crippen LogP contribution in [0.5, 0.6) is 6.01 Å². The average Bonchev–Trinajstić information content (AvgIpc) is 3.59. The molecule has 1 atom stereocenters. The summed E-state index contributed by atoms with van der Waals surface area (Å²) in [6.07, 6.45) is -1.71. The predicted molar refractivity (Wildman–Crippen MR) is 186 cm³/mol. The number of alkyl halides is 3. The third kappa shape index (κ3) is 8.04. The molecule has 7 rings (SSSR count). The van der Waals surface area contributed by atoms with E-state index in [0.29, 0.717) is 61.0 Å². The van der Waals surface area contributed by atoms with Crippen LogP contribution in [0.25, 0.3) is 0 Å². The molecule has 3 heterocycles. The monoisotopic (exact) mass is 734 g/mol. The maximum atomic E-state index is 13.5. The first-order valence-electron chi connectivity index (χ1n) is 16.7. The minimum absolute atomic E-state index is 0.0286. The summed E-state index contributed by atoms with van der Waals surface area (Å²) in [5, 5.41) is 9.42. The minimum atomic E-state index is -4.60. The smallest absolute Gasteiger partial charge is 0.422 e. The van der Waals surface area contributed by atoms with E-state index in [1.807, 2.05) is 18.2 Å². The maximum Gasteiger partial charge on any atom is 0.422 e. The molecule has 3 amide bonds. The third-order valence-electron chi connectivity index (χ3n) is 9.54. The first kappa shape index (κ1) is 35.0. The van der Waals surface area contributed by atoms with Crippen LogP contribution < -0.4 is 20.7 Å². The van der Waals surface area contributed by atoms with Crippen LogP contribution in [-0.2, 0) is 15.1 Å². The van der Waals surface area contributed by atoms with E-state index in [1.165, 1.54) is 0 Å². The zero-order valence-corrected chi connectivity index (χ0v) is 28.5. The first-order valence-corrected chi connectivity index (χ1v) is 17.1. The SMILES string of the molecule is O=C(Nc1ccccc1)C(=O)N1CCC2(CCN(C(=O)c3ccc(Nc4nc(NC5(c6ccc(Cl)cc6)CC5)nc(OCC(F)(F)F)n4)cc3)C2)C1. The molecule has 2 saturated heterocycles. The van der Waals surface area contributed by atoms with E-state index >= 15 is 0 Å². The summed E-state index contributed by atoms with van der Waals surface area (Å²) in [5.41, 5.74) is 1.58. The van der Waals surface area contributed by atoms with Crippen LogP contribution in [-0.4, -0.2) is 81.4 Å². The fraction of sp³-hybridized carbons (Fsp3) is 0.333. The lowest BCUT2D eigenvalue weighted by Crippen LogP contribution is -2.40. The topological polar surface area (TPSA) is 142 Å². The van der Waals surface area contributed by atoms with Crippen LogP contribution >= 0.6 is 11.6 Å². The van der Waals surface area contributed by atoms with Gasteiger partial charge in [0.05, 0.1) is 5.54 Å². The Morgan fingerprint density at radius 2 is 1.44 bits per heavy atom. The van der Waals surface area contributed by atoms with Crippen molar-refractivity contribution in [1.29, 1.82) is 0 Å². The number of amides is 3. The molecule has 0 bridgehead atoms. The highest BCUT2D eigenvalue weighted by molar-refractivity contribution is 6.39. The van der Waals surface area contributed by atoms with Crippen molar-refractivity contribution in [1.82, 2.24) is 24.8 Å². The fourth-order valence-corrected chi connectivity index (χ4v) is 6.81. The summed E-state index contributed by atoms with van der Waals surface area (Å²) >= 11 is 6.05. The zero-order chi connectivity index (χ0) is 36.5. The molecular formula is C36H34ClF3N8O4.